The summed E-state index contributed by atoms with van der Waals surface area (Å²) in [6.45, 7) is 0. The van der Waals surface area contributed by atoms with Crippen molar-refractivity contribution in [2.24, 2.45) is 5.10 Å². The van der Waals surface area contributed by atoms with Gasteiger partial charge in [-0.3, -0.25) is 9.89 Å². The zero-order valence-corrected chi connectivity index (χ0v) is 13.6. The number of hydrogen-bond donors (Lipinski definition) is 2. The standard InChI is InChI=1S/C17H16N4O4/c1-23-11-5-6-16(24-2)13(8-11)14-9-15(20-19-14)17(22)21-18-10-12-4-3-7-25-12/h3-10H,1-2H3,(H,19,20)(H,21,22). The predicted molar refractivity (Wildman–Crippen MR) is 90.9 cm³/mol. The molecule has 3 rings (SSSR count). The quantitative estimate of drug-likeness (QED) is 0.530. The minimum absolute atomic E-state index is 0.261. The fourth-order valence-electron chi connectivity index (χ4n) is 2.17. The van der Waals surface area contributed by atoms with Crippen molar-refractivity contribution in [3.05, 3.63) is 54.1 Å². The van der Waals surface area contributed by atoms with Crippen LogP contribution in [-0.4, -0.2) is 36.5 Å². The molecule has 0 radical (unpaired) electrons. The topological polar surface area (TPSA) is 102 Å². The average molecular weight is 340 g/mol. The summed E-state index contributed by atoms with van der Waals surface area (Å²) in [5, 5.41) is 10.7. The van der Waals surface area contributed by atoms with Gasteiger partial charge in [-0.2, -0.15) is 10.2 Å². The van der Waals surface area contributed by atoms with Crippen LogP contribution in [0.3, 0.4) is 0 Å². The molecule has 0 saturated carbocycles. The number of H-pyrrole nitrogens is 1. The van der Waals surface area contributed by atoms with Gasteiger partial charge in [-0.05, 0) is 36.4 Å². The van der Waals surface area contributed by atoms with E-state index in [1.54, 1.807) is 50.6 Å². The van der Waals surface area contributed by atoms with Gasteiger partial charge in [-0.25, -0.2) is 5.43 Å². The average Bonchev–Trinajstić information content (AvgIpc) is 3.33. The number of aromatic nitrogens is 2. The minimum atomic E-state index is -0.427. The second kappa shape index (κ2) is 7.35. The third-order valence-corrected chi connectivity index (χ3v) is 3.41. The number of nitrogens with one attached hydrogen (secondary N) is 2. The molecule has 0 aliphatic heterocycles. The van der Waals surface area contributed by atoms with Gasteiger partial charge in [-0.15, -0.1) is 0 Å². The van der Waals surface area contributed by atoms with Crippen LogP contribution in [0.1, 0.15) is 16.2 Å². The third kappa shape index (κ3) is 3.69. The highest BCUT2D eigenvalue weighted by atomic mass is 16.5. The summed E-state index contributed by atoms with van der Waals surface area (Å²) in [5.74, 6) is 1.39. The second-order valence-electron chi connectivity index (χ2n) is 4.95. The number of carbonyl (C=O) groups is 1. The molecule has 2 heterocycles. The molecule has 0 aliphatic rings. The molecule has 0 fully saturated rings. The lowest BCUT2D eigenvalue weighted by Gasteiger charge is -2.08. The molecule has 0 bridgehead atoms. The van der Waals surface area contributed by atoms with Crippen LogP contribution in [0.25, 0.3) is 11.3 Å². The number of furan rings is 1. The number of ether oxygens (including phenoxy) is 2. The molecule has 0 spiro atoms. The monoisotopic (exact) mass is 340 g/mol. The summed E-state index contributed by atoms with van der Waals surface area (Å²) < 4.78 is 15.6. The Hall–Kier alpha value is -3.55. The molecule has 0 aliphatic carbocycles. The summed E-state index contributed by atoms with van der Waals surface area (Å²) in [7, 11) is 3.14. The molecule has 25 heavy (non-hydrogen) atoms. The van der Waals surface area contributed by atoms with Crippen LogP contribution in [0, 0.1) is 0 Å². The molecule has 8 heteroatoms. The highest BCUT2D eigenvalue weighted by Gasteiger charge is 2.14. The van der Waals surface area contributed by atoms with Crippen LogP contribution in [-0.2, 0) is 0 Å². The maximum atomic E-state index is 12.1. The van der Waals surface area contributed by atoms with Crippen LogP contribution in [0.4, 0.5) is 0 Å². The Morgan fingerprint density at radius 1 is 1.28 bits per heavy atom. The lowest BCUT2D eigenvalue weighted by Crippen LogP contribution is -2.17. The summed E-state index contributed by atoms with van der Waals surface area (Å²) in [4.78, 5) is 12.1. The largest absolute Gasteiger partial charge is 0.497 e. The van der Waals surface area contributed by atoms with Gasteiger partial charge in [-0.1, -0.05) is 0 Å². The predicted octanol–water partition coefficient (Wildman–Crippen LogP) is 2.45. The number of nitrogens with zero attached hydrogens (tertiary/aromatic N) is 2. The van der Waals surface area contributed by atoms with Crippen molar-refractivity contribution in [2.75, 3.05) is 14.2 Å². The van der Waals surface area contributed by atoms with Crippen molar-refractivity contribution in [3.63, 3.8) is 0 Å². The molecule has 128 valence electrons. The first-order valence-corrected chi connectivity index (χ1v) is 7.36. The Labute approximate surface area is 143 Å². The molecule has 1 aromatic carbocycles. The molecule has 8 nitrogen and oxygen atoms in total. The molecule has 0 saturated heterocycles. The van der Waals surface area contributed by atoms with Crippen LogP contribution < -0.4 is 14.9 Å². The van der Waals surface area contributed by atoms with Gasteiger partial charge >= 0.3 is 0 Å². The van der Waals surface area contributed by atoms with Crippen LogP contribution in [0.15, 0.2) is 52.2 Å². The maximum Gasteiger partial charge on any atom is 0.289 e. The van der Waals surface area contributed by atoms with Crippen molar-refractivity contribution >= 4 is 12.1 Å². The van der Waals surface area contributed by atoms with Crippen molar-refractivity contribution in [1.29, 1.82) is 0 Å². The Bertz CT molecular complexity index is 884. The van der Waals surface area contributed by atoms with Crippen molar-refractivity contribution < 1.29 is 18.7 Å². The zero-order valence-electron chi connectivity index (χ0n) is 13.6. The first kappa shape index (κ1) is 16.3. The van der Waals surface area contributed by atoms with E-state index < -0.39 is 5.91 Å². The molecule has 2 aromatic heterocycles. The number of aromatic amines is 1. The number of carbonyl (C=O) groups excluding carboxylic acids is 1. The molecule has 3 aromatic rings. The van der Waals surface area contributed by atoms with E-state index >= 15 is 0 Å². The van der Waals surface area contributed by atoms with Crippen LogP contribution in [0.5, 0.6) is 11.5 Å². The van der Waals surface area contributed by atoms with E-state index in [4.69, 9.17) is 13.9 Å². The maximum absolute atomic E-state index is 12.1. The first-order chi connectivity index (χ1) is 12.2. The van der Waals surface area contributed by atoms with Gasteiger partial charge in [0.2, 0.25) is 0 Å². The lowest BCUT2D eigenvalue weighted by molar-refractivity contribution is 0.0950. The summed E-state index contributed by atoms with van der Waals surface area (Å²) >= 11 is 0. The molecular weight excluding hydrogens is 324 g/mol. The van der Waals surface area contributed by atoms with Gasteiger partial charge in [0.15, 0.2) is 0 Å². The van der Waals surface area contributed by atoms with Crippen molar-refractivity contribution in [2.45, 2.75) is 0 Å². The smallest absolute Gasteiger partial charge is 0.289 e. The fourth-order valence-corrected chi connectivity index (χ4v) is 2.17. The van der Waals surface area contributed by atoms with Gasteiger partial charge in [0.05, 0.1) is 32.4 Å². The fraction of sp³-hybridized carbons (Fsp3) is 0.118. The Morgan fingerprint density at radius 3 is 2.88 bits per heavy atom. The van der Waals surface area contributed by atoms with Crippen LogP contribution >= 0.6 is 0 Å². The van der Waals surface area contributed by atoms with E-state index in [0.717, 1.165) is 0 Å². The lowest BCUT2D eigenvalue weighted by atomic mass is 10.1. The molecular formula is C17H16N4O4. The van der Waals surface area contributed by atoms with Gasteiger partial charge < -0.3 is 13.9 Å². The highest BCUT2D eigenvalue weighted by Crippen LogP contribution is 2.32. The van der Waals surface area contributed by atoms with Gasteiger partial charge in [0.1, 0.15) is 23.0 Å². The highest BCUT2D eigenvalue weighted by molar-refractivity contribution is 5.94. The number of benzene rings is 1. The van der Waals surface area contributed by atoms with E-state index in [2.05, 4.69) is 20.7 Å². The SMILES string of the molecule is COc1ccc(OC)c(-c2cc(C(=O)NN=Cc3ccco3)[nH]n2)c1. The number of methoxy groups -OCH3 is 2. The first-order valence-electron chi connectivity index (χ1n) is 7.36. The normalized spacial score (nSPS) is 10.8. The summed E-state index contributed by atoms with van der Waals surface area (Å²) in [5.41, 5.74) is 3.91. The van der Waals surface area contributed by atoms with E-state index in [9.17, 15) is 4.79 Å². The minimum Gasteiger partial charge on any atom is -0.497 e. The van der Waals surface area contributed by atoms with Crippen molar-refractivity contribution in [1.82, 2.24) is 15.6 Å². The molecule has 0 atom stereocenters. The van der Waals surface area contributed by atoms with Crippen molar-refractivity contribution in [3.8, 4) is 22.8 Å². The third-order valence-electron chi connectivity index (χ3n) is 3.41. The number of hydrazone groups is 1. The van der Waals surface area contributed by atoms with E-state index in [1.165, 1.54) is 12.5 Å². The Kier molecular flexibility index (Phi) is 4.79. The zero-order chi connectivity index (χ0) is 17.6. The van der Waals surface area contributed by atoms with E-state index in [0.29, 0.717) is 28.5 Å². The van der Waals surface area contributed by atoms with E-state index in [-0.39, 0.29) is 5.69 Å². The molecule has 2 N–H and O–H groups in total. The summed E-state index contributed by atoms with van der Waals surface area (Å²) in [6, 6.07) is 10.4. The Morgan fingerprint density at radius 2 is 2.16 bits per heavy atom. The summed E-state index contributed by atoms with van der Waals surface area (Å²) in [6.07, 6.45) is 2.92. The van der Waals surface area contributed by atoms with Crippen LogP contribution in [0.2, 0.25) is 0 Å². The molecule has 0 unspecified atom stereocenters. The Balaban J connectivity index is 1.77. The van der Waals surface area contributed by atoms with E-state index in [1.807, 2.05) is 0 Å². The van der Waals surface area contributed by atoms with Gasteiger partial charge in [0.25, 0.3) is 5.91 Å². The number of amides is 1. The number of rotatable bonds is 6. The second-order valence-corrected chi connectivity index (χ2v) is 4.95. The number of hydrogen-bond acceptors (Lipinski definition) is 6. The molecule has 1 amide bonds. The van der Waals surface area contributed by atoms with Gasteiger partial charge in [0, 0.05) is 5.56 Å².